The van der Waals surface area contributed by atoms with Crippen LogP contribution in [-0.4, -0.2) is 16.0 Å². The first-order chi connectivity index (χ1) is 8.90. The van der Waals surface area contributed by atoms with E-state index in [1.165, 1.54) is 0 Å². The van der Waals surface area contributed by atoms with Gasteiger partial charge in [-0.05, 0) is 26.8 Å². The Bertz CT molecular complexity index is 574. The van der Waals surface area contributed by atoms with Crippen molar-refractivity contribution in [2.75, 3.05) is 0 Å². The van der Waals surface area contributed by atoms with Gasteiger partial charge >= 0.3 is 6.18 Å². The largest absolute Gasteiger partial charge is 0.417 e. The summed E-state index contributed by atoms with van der Waals surface area (Å²) in [7, 11) is 0. The van der Waals surface area contributed by atoms with Crippen LogP contribution in [0, 0.1) is 0 Å². The fraction of sp³-hybridized carbons (Fsp3) is 0.500. The summed E-state index contributed by atoms with van der Waals surface area (Å²) in [6.07, 6.45) is -4.06. The van der Waals surface area contributed by atoms with Crippen LogP contribution in [0.4, 0.5) is 13.2 Å². The second kappa shape index (κ2) is 5.47. The minimum absolute atomic E-state index is 0.528. The maximum Gasteiger partial charge on any atom is 0.417 e. The Morgan fingerprint density at radius 1 is 1.35 bits per heavy atom. The number of carbonyl (C=O) groups excluding carboxylic acids is 1. The first-order valence-electron chi connectivity index (χ1n) is 5.68. The highest BCUT2D eigenvalue weighted by atomic mass is 35.5. The van der Waals surface area contributed by atoms with E-state index in [-0.39, 0.29) is 0 Å². The number of nitrogens with zero attached hydrogens (tertiary/aromatic N) is 1. The predicted octanol–water partition coefficient (Wildman–Crippen LogP) is 2.44. The van der Waals surface area contributed by atoms with Crippen molar-refractivity contribution >= 4 is 17.5 Å². The molecule has 0 fully saturated rings. The summed E-state index contributed by atoms with van der Waals surface area (Å²) in [6.45, 7) is 4.62. The van der Waals surface area contributed by atoms with E-state index < -0.39 is 40.3 Å². The van der Waals surface area contributed by atoms with Gasteiger partial charge in [0.05, 0.1) is 5.56 Å². The number of amides is 1. The highest BCUT2D eigenvalue weighted by Gasteiger charge is 2.32. The molecule has 4 nitrogen and oxygen atoms in total. The topological polar surface area (TPSA) is 51.1 Å². The average molecular weight is 311 g/mol. The van der Waals surface area contributed by atoms with Gasteiger partial charge in [0.1, 0.15) is 11.6 Å². The molecule has 0 spiro atoms. The molecular weight excluding hydrogens is 297 g/mol. The van der Waals surface area contributed by atoms with Gasteiger partial charge < -0.3 is 9.88 Å². The molecule has 1 heterocycles. The van der Waals surface area contributed by atoms with E-state index in [0.29, 0.717) is 16.8 Å². The zero-order chi connectivity index (χ0) is 15.7. The Labute approximate surface area is 118 Å². The molecule has 1 N–H and O–H groups in total. The van der Waals surface area contributed by atoms with Gasteiger partial charge in [-0.25, -0.2) is 0 Å². The van der Waals surface area contributed by atoms with Crippen molar-refractivity contribution in [3.63, 3.8) is 0 Å². The second-order valence-electron chi connectivity index (χ2n) is 5.31. The van der Waals surface area contributed by atoms with Gasteiger partial charge in [0, 0.05) is 11.7 Å². The lowest BCUT2D eigenvalue weighted by atomic mass is 10.1. The van der Waals surface area contributed by atoms with Crippen molar-refractivity contribution < 1.29 is 18.0 Å². The second-order valence-corrected chi connectivity index (χ2v) is 5.71. The van der Waals surface area contributed by atoms with Crippen LogP contribution < -0.4 is 10.9 Å². The molecule has 0 aliphatic carbocycles. The molecule has 20 heavy (non-hydrogen) atoms. The third-order valence-corrected chi connectivity index (χ3v) is 2.47. The van der Waals surface area contributed by atoms with Crippen molar-refractivity contribution in [1.29, 1.82) is 0 Å². The van der Waals surface area contributed by atoms with Crippen molar-refractivity contribution in [3.05, 3.63) is 33.2 Å². The number of alkyl halides is 3. The van der Waals surface area contributed by atoms with E-state index in [2.05, 4.69) is 5.32 Å². The lowest BCUT2D eigenvalue weighted by molar-refractivity contribution is -0.138. The van der Waals surface area contributed by atoms with Crippen LogP contribution in [0.25, 0.3) is 0 Å². The quantitative estimate of drug-likeness (QED) is 0.912. The first kappa shape index (κ1) is 16.6. The summed E-state index contributed by atoms with van der Waals surface area (Å²) in [5.41, 5.74) is -2.47. The SMILES string of the molecule is CC(C)(C)NC(=O)Cn1cc(C(F)(F)F)cc(Cl)c1=O. The Morgan fingerprint density at radius 3 is 2.35 bits per heavy atom. The van der Waals surface area contributed by atoms with Gasteiger partial charge in [0.15, 0.2) is 0 Å². The third-order valence-electron chi connectivity index (χ3n) is 2.20. The van der Waals surface area contributed by atoms with Crippen LogP contribution >= 0.6 is 11.6 Å². The Hall–Kier alpha value is -1.50. The summed E-state index contributed by atoms with van der Waals surface area (Å²) in [5, 5.41) is 1.97. The van der Waals surface area contributed by atoms with E-state index in [0.717, 1.165) is 0 Å². The first-order valence-corrected chi connectivity index (χ1v) is 6.06. The van der Waals surface area contributed by atoms with Gasteiger partial charge in [0.2, 0.25) is 5.91 Å². The van der Waals surface area contributed by atoms with Gasteiger partial charge in [-0.1, -0.05) is 11.6 Å². The molecule has 0 aromatic carbocycles. The van der Waals surface area contributed by atoms with Crippen LogP contribution in [-0.2, 0) is 17.5 Å². The zero-order valence-corrected chi connectivity index (χ0v) is 11.9. The number of carbonyl (C=O) groups is 1. The molecule has 0 unspecified atom stereocenters. The van der Waals surface area contributed by atoms with Crippen LogP contribution in [0.2, 0.25) is 5.02 Å². The maximum absolute atomic E-state index is 12.6. The molecule has 1 aromatic rings. The summed E-state index contributed by atoms with van der Waals surface area (Å²) in [4.78, 5) is 23.3. The summed E-state index contributed by atoms with van der Waals surface area (Å²) >= 11 is 5.48. The minimum Gasteiger partial charge on any atom is -0.350 e. The summed E-state index contributed by atoms with van der Waals surface area (Å²) in [6, 6.07) is 0.544. The molecule has 0 bridgehead atoms. The Kier molecular flexibility index (Phi) is 4.53. The molecule has 0 aliphatic rings. The smallest absolute Gasteiger partial charge is 0.350 e. The number of pyridine rings is 1. The van der Waals surface area contributed by atoms with Gasteiger partial charge in [-0.2, -0.15) is 13.2 Å². The molecule has 1 rings (SSSR count). The number of halogens is 4. The lowest BCUT2D eigenvalue weighted by Crippen LogP contribution is -2.43. The van der Waals surface area contributed by atoms with Crippen LogP contribution in [0.15, 0.2) is 17.1 Å². The van der Waals surface area contributed by atoms with Crippen LogP contribution in [0.5, 0.6) is 0 Å². The van der Waals surface area contributed by atoms with Gasteiger partial charge in [0.25, 0.3) is 5.56 Å². The lowest BCUT2D eigenvalue weighted by Gasteiger charge is -2.21. The van der Waals surface area contributed by atoms with E-state index in [4.69, 9.17) is 11.6 Å². The summed E-state index contributed by atoms with van der Waals surface area (Å²) in [5.74, 6) is -0.574. The molecule has 0 saturated carbocycles. The fourth-order valence-electron chi connectivity index (χ4n) is 1.48. The van der Waals surface area contributed by atoms with E-state index >= 15 is 0 Å². The number of aromatic nitrogens is 1. The van der Waals surface area contributed by atoms with E-state index in [9.17, 15) is 22.8 Å². The number of hydrogen-bond donors (Lipinski definition) is 1. The molecule has 1 aromatic heterocycles. The molecule has 8 heteroatoms. The normalized spacial score (nSPS) is 12.3. The highest BCUT2D eigenvalue weighted by Crippen LogP contribution is 2.29. The number of nitrogens with one attached hydrogen (secondary N) is 1. The highest BCUT2D eigenvalue weighted by molar-refractivity contribution is 6.30. The molecular formula is C12H14ClF3N2O2. The third kappa shape index (κ3) is 4.56. The molecule has 1 amide bonds. The van der Waals surface area contributed by atoms with Crippen molar-refractivity contribution in [1.82, 2.24) is 9.88 Å². The van der Waals surface area contributed by atoms with Crippen molar-refractivity contribution in [2.24, 2.45) is 0 Å². The molecule has 0 aliphatic heterocycles. The monoisotopic (exact) mass is 310 g/mol. The Morgan fingerprint density at radius 2 is 1.90 bits per heavy atom. The molecule has 0 saturated heterocycles. The average Bonchev–Trinajstić information content (AvgIpc) is 2.20. The van der Waals surface area contributed by atoms with E-state index in [1.54, 1.807) is 20.8 Å². The van der Waals surface area contributed by atoms with Crippen molar-refractivity contribution in [3.8, 4) is 0 Å². The summed E-state index contributed by atoms with van der Waals surface area (Å²) < 4.78 is 38.5. The van der Waals surface area contributed by atoms with E-state index in [1.807, 2.05) is 0 Å². The molecule has 0 radical (unpaired) electrons. The number of hydrogen-bond acceptors (Lipinski definition) is 2. The zero-order valence-electron chi connectivity index (χ0n) is 11.1. The standard InChI is InChI=1S/C12H14ClF3N2O2/c1-11(2,3)17-9(19)6-18-5-7(12(14,15)16)4-8(13)10(18)20/h4-5H,6H2,1-3H3,(H,17,19). The minimum atomic E-state index is -4.64. The fourth-order valence-corrected chi connectivity index (χ4v) is 1.71. The van der Waals surface area contributed by atoms with Crippen LogP contribution in [0.3, 0.4) is 0 Å². The van der Waals surface area contributed by atoms with Crippen molar-refractivity contribution in [2.45, 2.75) is 39.0 Å². The van der Waals surface area contributed by atoms with Gasteiger partial charge in [-0.15, -0.1) is 0 Å². The maximum atomic E-state index is 12.6. The molecule has 0 atom stereocenters. The predicted molar refractivity (Wildman–Crippen MR) is 68.6 cm³/mol. The van der Waals surface area contributed by atoms with Crippen LogP contribution in [0.1, 0.15) is 26.3 Å². The Balaban J connectivity index is 3.10. The van der Waals surface area contributed by atoms with Gasteiger partial charge in [-0.3, -0.25) is 9.59 Å². The molecule has 112 valence electrons. The number of rotatable bonds is 2.